The van der Waals surface area contributed by atoms with Gasteiger partial charge in [-0.05, 0) is 66.7 Å². The number of ketones is 1. The van der Waals surface area contributed by atoms with Gasteiger partial charge in [0.2, 0.25) is 0 Å². The molecule has 126 valence electrons. The summed E-state index contributed by atoms with van der Waals surface area (Å²) in [6.45, 7) is 12.3. The minimum absolute atomic E-state index is 0.0319. The fraction of sp³-hybridized carbons (Fsp3) is 0.650. The Labute approximate surface area is 137 Å². The summed E-state index contributed by atoms with van der Waals surface area (Å²) in [5, 5.41) is 10.0. The normalized spacial score (nSPS) is 14.2. The molecule has 0 aromatic heterocycles. The van der Waals surface area contributed by atoms with E-state index in [1.807, 2.05) is 13.0 Å². The first kappa shape index (κ1) is 20.9. The highest BCUT2D eigenvalue weighted by molar-refractivity contribution is 5.85. The molecule has 0 aliphatic carbocycles. The molecule has 2 atom stereocenters. The summed E-state index contributed by atoms with van der Waals surface area (Å²) < 4.78 is 0. The smallest absolute Gasteiger partial charge is 0.164 e. The maximum absolute atomic E-state index is 12.1. The fourth-order valence-corrected chi connectivity index (χ4v) is 2.21. The van der Waals surface area contributed by atoms with E-state index in [0.717, 1.165) is 25.7 Å². The number of hydrogen-bond donors (Lipinski definition) is 1. The summed E-state index contributed by atoms with van der Waals surface area (Å²) >= 11 is 0. The first-order valence-electron chi connectivity index (χ1n) is 8.38. The van der Waals surface area contributed by atoms with Gasteiger partial charge >= 0.3 is 0 Å². The van der Waals surface area contributed by atoms with Crippen molar-refractivity contribution in [3.63, 3.8) is 0 Å². The van der Waals surface area contributed by atoms with Crippen molar-refractivity contribution < 1.29 is 9.90 Å². The van der Waals surface area contributed by atoms with Gasteiger partial charge in [-0.15, -0.1) is 0 Å². The Kier molecular flexibility index (Phi) is 10.8. The summed E-state index contributed by atoms with van der Waals surface area (Å²) in [5.74, 6) is -0.111. The van der Waals surface area contributed by atoms with Crippen LogP contribution in [0.5, 0.6) is 0 Å². The van der Waals surface area contributed by atoms with E-state index in [1.54, 1.807) is 0 Å². The highest BCUT2D eigenvalue weighted by Gasteiger charge is 2.20. The van der Waals surface area contributed by atoms with E-state index in [1.165, 1.54) is 16.7 Å². The van der Waals surface area contributed by atoms with Gasteiger partial charge in [0.05, 0.1) is 0 Å². The van der Waals surface area contributed by atoms with Gasteiger partial charge in [0.15, 0.2) is 5.78 Å². The van der Waals surface area contributed by atoms with E-state index >= 15 is 0 Å². The number of allylic oxidation sites excluding steroid dienone is 5. The molecule has 2 nitrogen and oxygen atoms in total. The Balaban J connectivity index is 4.23. The van der Waals surface area contributed by atoms with Crippen LogP contribution in [-0.4, -0.2) is 17.0 Å². The molecule has 2 heteroatoms. The van der Waals surface area contributed by atoms with Crippen LogP contribution < -0.4 is 0 Å². The molecule has 0 rings (SSSR count). The molecule has 0 aliphatic rings. The SMILES string of the molecule is CC(C)=CCC/C(C)=C/CC(O)C(=O)C(C)CCC=C(C)C. The molecule has 0 radical (unpaired) electrons. The lowest BCUT2D eigenvalue weighted by molar-refractivity contribution is -0.130. The van der Waals surface area contributed by atoms with E-state index in [4.69, 9.17) is 0 Å². The Hall–Kier alpha value is -1.15. The second-order valence-electron chi connectivity index (χ2n) is 6.78. The quantitative estimate of drug-likeness (QED) is 0.550. The minimum Gasteiger partial charge on any atom is -0.385 e. The third-order valence-corrected chi connectivity index (χ3v) is 3.75. The number of aliphatic hydroxyl groups excluding tert-OH is 1. The van der Waals surface area contributed by atoms with Crippen LogP contribution >= 0.6 is 0 Å². The van der Waals surface area contributed by atoms with Gasteiger partial charge < -0.3 is 5.11 Å². The number of carbonyl (C=O) groups is 1. The van der Waals surface area contributed by atoms with Gasteiger partial charge in [0.1, 0.15) is 6.10 Å². The predicted octanol–water partition coefficient (Wildman–Crippen LogP) is 5.38. The summed E-state index contributed by atoms with van der Waals surface area (Å²) in [5.41, 5.74) is 3.84. The topological polar surface area (TPSA) is 37.3 Å². The molecule has 0 aliphatic heterocycles. The molecule has 0 saturated carbocycles. The predicted molar refractivity (Wildman–Crippen MR) is 95.9 cm³/mol. The van der Waals surface area contributed by atoms with E-state index in [-0.39, 0.29) is 11.7 Å². The molecule has 0 saturated heterocycles. The molecule has 0 bridgehead atoms. The van der Waals surface area contributed by atoms with Gasteiger partial charge in [-0.25, -0.2) is 0 Å². The van der Waals surface area contributed by atoms with Crippen molar-refractivity contribution in [2.75, 3.05) is 0 Å². The third kappa shape index (κ3) is 10.6. The molecule has 1 N–H and O–H groups in total. The van der Waals surface area contributed by atoms with Crippen molar-refractivity contribution in [2.24, 2.45) is 5.92 Å². The second-order valence-corrected chi connectivity index (χ2v) is 6.78. The number of rotatable bonds is 10. The largest absolute Gasteiger partial charge is 0.385 e. The highest BCUT2D eigenvalue weighted by Crippen LogP contribution is 2.14. The molecule has 22 heavy (non-hydrogen) atoms. The molecule has 0 amide bonds. The zero-order valence-corrected chi connectivity index (χ0v) is 15.3. The molecule has 0 heterocycles. The number of hydrogen-bond acceptors (Lipinski definition) is 2. The molecular weight excluding hydrogens is 272 g/mol. The molecule has 2 unspecified atom stereocenters. The lowest BCUT2D eigenvalue weighted by atomic mass is 9.94. The number of carbonyl (C=O) groups excluding carboxylic acids is 1. The summed E-state index contributed by atoms with van der Waals surface area (Å²) in [6.07, 6.45) is 9.66. The van der Waals surface area contributed by atoms with E-state index in [2.05, 4.69) is 46.8 Å². The van der Waals surface area contributed by atoms with Crippen molar-refractivity contribution >= 4 is 5.78 Å². The Morgan fingerprint density at radius 3 is 2.05 bits per heavy atom. The lowest BCUT2D eigenvalue weighted by Crippen LogP contribution is -2.26. The van der Waals surface area contributed by atoms with Crippen molar-refractivity contribution in [3.8, 4) is 0 Å². The van der Waals surface area contributed by atoms with Crippen LogP contribution in [0.2, 0.25) is 0 Å². The van der Waals surface area contributed by atoms with Crippen LogP contribution in [0.15, 0.2) is 34.9 Å². The highest BCUT2D eigenvalue weighted by atomic mass is 16.3. The van der Waals surface area contributed by atoms with Crippen LogP contribution in [0.1, 0.15) is 73.6 Å². The van der Waals surface area contributed by atoms with Gasteiger partial charge in [-0.2, -0.15) is 0 Å². The summed E-state index contributed by atoms with van der Waals surface area (Å²) in [6, 6.07) is 0. The maximum Gasteiger partial charge on any atom is 0.164 e. The average Bonchev–Trinajstić information content (AvgIpc) is 2.42. The van der Waals surface area contributed by atoms with Gasteiger partial charge in [0, 0.05) is 5.92 Å². The Bertz CT molecular complexity index is 419. The first-order chi connectivity index (χ1) is 10.2. The Morgan fingerprint density at radius 1 is 0.955 bits per heavy atom. The molecule has 0 aromatic rings. The molecule has 0 fully saturated rings. The first-order valence-corrected chi connectivity index (χ1v) is 8.38. The van der Waals surface area contributed by atoms with E-state index in [9.17, 15) is 9.90 Å². The number of Topliss-reactive ketones (excluding diaryl/α,β-unsaturated/α-hetero) is 1. The second kappa shape index (κ2) is 11.4. The van der Waals surface area contributed by atoms with Gasteiger partial charge in [-0.1, -0.05) is 41.9 Å². The van der Waals surface area contributed by atoms with Crippen LogP contribution in [0.3, 0.4) is 0 Å². The van der Waals surface area contributed by atoms with E-state index < -0.39 is 6.10 Å². The van der Waals surface area contributed by atoms with E-state index in [0.29, 0.717) is 6.42 Å². The average molecular weight is 306 g/mol. The number of aliphatic hydroxyl groups is 1. The summed E-state index contributed by atoms with van der Waals surface area (Å²) in [7, 11) is 0. The standard InChI is InChI=1S/C20H34O2/c1-15(2)9-7-11-17(5)13-14-19(21)20(22)18(6)12-8-10-16(3)4/h9-10,13,18-19,21H,7-8,11-12,14H2,1-6H3/b17-13+. The summed E-state index contributed by atoms with van der Waals surface area (Å²) in [4.78, 5) is 12.1. The van der Waals surface area contributed by atoms with Crippen molar-refractivity contribution in [3.05, 3.63) is 34.9 Å². The monoisotopic (exact) mass is 306 g/mol. The molecule has 0 spiro atoms. The van der Waals surface area contributed by atoms with Crippen LogP contribution in [0.4, 0.5) is 0 Å². The van der Waals surface area contributed by atoms with Crippen molar-refractivity contribution in [1.82, 2.24) is 0 Å². The van der Waals surface area contributed by atoms with Crippen LogP contribution in [-0.2, 0) is 4.79 Å². The van der Waals surface area contributed by atoms with Crippen LogP contribution in [0, 0.1) is 5.92 Å². The zero-order chi connectivity index (χ0) is 17.1. The minimum atomic E-state index is -0.861. The molecule has 0 aromatic carbocycles. The van der Waals surface area contributed by atoms with Crippen molar-refractivity contribution in [1.29, 1.82) is 0 Å². The Morgan fingerprint density at radius 2 is 1.50 bits per heavy atom. The van der Waals surface area contributed by atoms with Gasteiger partial charge in [0.25, 0.3) is 0 Å². The maximum atomic E-state index is 12.1. The third-order valence-electron chi connectivity index (χ3n) is 3.75. The zero-order valence-electron chi connectivity index (χ0n) is 15.3. The van der Waals surface area contributed by atoms with Gasteiger partial charge in [-0.3, -0.25) is 4.79 Å². The molecular formula is C20H34O2. The fourth-order valence-electron chi connectivity index (χ4n) is 2.21. The lowest BCUT2D eigenvalue weighted by Gasteiger charge is -2.14. The van der Waals surface area contributed by atoms with Crippen molar-refractivity contribution in [2.45, 2.75) is 79.8 Å². The van der Waals surface area contributed by atoms with Crippen LogP contribution in [0.25, 0.3) is 0 Å².